The number of aromatic nitrogens is 1. The van der Waals surface area contributed by atoms with Gasteiger partial charge in [0, 0.05) is 17.7 Å². The Balaban J connectivity index is 1.31. The largest absolute Gasteiger partial charge is 0.506 e. The molecule has 3 aromatic carbocycles. The average molecular weight is 489 g/mol. The van der Waals surface area contributed by atoms with E-state index in [1.165, 1.54) is 24.4 Å². The summed E-state index contributed by atoms with van der Waals surface area (Å²) in [6, 6.07) is 21.2. The molecule has 0 unspecified atom stereocenters. The van der Waals surface area contributed by atoms with Crippen molar-refractivity contribution in [1.82, 2.24) is 10.4 Å². The fourth-order valence-corrected chi connectivity index (χ4v) is 3.31. The Morgan fingerprint density at radius 1 is 1.03 bits per heavy atom. The molecule has 0 saturated carbocycles. The van der Waals surface area contributed by atoms with Crippen LogP contribution in [0.15, 0.2) is 88.4 Å². The van der Waals surface area contributed by atoms with E-state index in [9.17, 15) is 15.0 Å². The Hall–Kier alpha value is -4.56. The minimum atomic E-state index is -0.446. The summed E-state index contributed by atoms with van der Waals surface area (Å²) in [5.41, 5.74) is 5.16. The molecule has 176 valence electrons. The van der Waals surface area contributed by atoms with Gasteiger partial charge in [0.1, 0.15) is 5.75 Å². The Morgan fingerprint density at radius 3 is 2.63 bits per heavy atom. The second-order valence-corrected chi connectivity index (χ2v) is 7.76. The minimum absolute atomic E-state index is 0.0897. The zero-order valence-corrected chi connectivity index (χ0v) is 19.1. The highest BCUT2D eigenvalue weighted by molar-refractivity contribution is 6.32. The topological polar surface area (TPSA) is 120 Å². The van der Waals surface area contributed by atoms with E-state index < -0.39 is 5.91 Å². The first-order valence-electron chi connectivity index (χ1n) is 10.6. The summed E-state index contributed by atoms with van der Waals surface area (Å²) in [6.45, 7) is 0.428. The number of nitrogens with one attached hydrogen (secondary N) is 2. The van der Waals surface area contributed by atoms with Crippen molar-refractivity contribution in [3.8, 4) is 23.0 Å². The molecule has 35 heavy (non-hydrogen) atoms. The minimum Gasteiger partial charge on any atom is -0.506 e. The molecular formula is C26H21ClN4O4. The van der Waals surface area contributed by atoms with E-state index in [1.54, 1.807) is 0 Å². The Bertz CT molecular complexity index is 1380. The quantitative estimate of drug-likeness (QED) is 0.197. The molecule has 0 aliphatic heterocycles. The number of anilines is 1. The Kier molecular flexibility index (Phi) is 7.44. The van der Waals surface area contributed by atoms with Crippen LogP contribution in [-0.4, -0.2) is 33.9 Å². The molecule has 0 fully saturated rings. The average Bonchev–Trinajstić information content (AvgIpc) is 3.24. The number of phenolic OH excluding ortho intramolecular Hbond substituents is 1. The number of phenols is 1. The van der Waals surface area contributed by atoms with Gasteiger partial charge >= 0.3 is 0 Å². The first-order valence-corrected chi connectivity index (χ1v) is 10.9. The lowest BCUT2D eigenvalue weighted by Gasteiger charge is -2.02. The van der Waals surface area contributed by atoms with Crippen LogP contribution in [0.5, 0.6) is 11.6 Å². The third-order valence-corrected chi connectivity index (χ3v) is 5.13. The van der Waals surface area contributed by atoms with Gasteiger partial charge in [0.15, 0.2) is 5.76 Å². The number of hydrogen-bond acceptors (Lipinski definition) is 7. The van der Waals surface area contributed by atoms with Crippen LogP contribution in [0.25, 0.3) is 17.4 Å². The third kappa shape index (κ3) is 6.27. The number of aromatic hydroxyl groups is 2. The molecule has 4 N–H and O–H groups in total. The smallest absolute Gasteiger partial charge is 0.298 e. The van der Waals surface area contributed by atoms with Gasteiger partial charge < -0.3 is 19.9 Å². The molecule has 4 aromatic rings. The lowest BCUT2D eigenvalue weighted by atomic mass is 10.1. The zero-order chi connectivity index (χ0) is 24.6. The predicted octanol–water partition coefficient (Wildman–Crippen LogP) is 5.30. The monoisotopic (exact) mass is 488 g/mol. The lowest BCUT2D eigenvalue weighted by molar-refractivity contribution is 0.0955. The molecule has 0 saturated heterocycles. The summed E-state index contributed by atoms with van der Waals surface area (Å²) in [4.78, 5) is 16.1. The predicted molar refractivity (Wildman–Crippen MR) is 136 cm³/mol. The van der Waals surface area contributed by atoms with E-state index in [2.05, 4.69) is 20.8 Å². The van der Waals surface area contributed by atoms with E-state index in [4.69, 9.17) is 16.0 Å². The maximum absolute atomic E-state index is 12.1. The maximum Gasteiger partial charge on any atom is 0.298 e. The van der Waals surface area contributed by atoms with E-state index in [1.807, 2.05) is 66.7 Å². The van der Waals surface area contributed by atoms with Crippen LogP contribution in [-0.2, 0) is 0 Å². The molecule has 8 nitrogen and oxygen atoms in total. The summed E-state index contributed by atoms with van der Waals surface area (Å²) in [5.74, 6) is -0.402. The number of halogens is 1. The highest BCUT2D eigenvalue weighted by atomic mass is 35.5. The van der Waals surface area contributed by atoms with E-state index in [0.717, 1.165) is 16.7 Å². The van der Waals surface area contributed by atoms with Gasteiger partial charge in [0.05, 0.1) is 11.2 Å². The van der Waals surface area contributed by atoms with Crippen LogP contribution >= 0.6 is 11.6 Å². The molecule has 0 bridgehead atoms. The zero-order valence-electron chi connectivity index (χ0n) is 18.4. The van der Waals surface area contributed by atoms with Gasteiger partial charge in [-0.3, -0.25) is 4.79 Å². The maximum atomic E-state index is 12.1. The van der Waals surface area contributed by atoms with Crippen molar-refractivity contribution >= 4 is 35.8 Å². The van der Waals surface area contributed by atoms with Crippen LogP contribution in [0.3, 0.4) is 0 Å². The molecule has 0 spiro atoms. The number of oxazole rings is 1. The fourth-order valence-electron chi connectivity index (χ4n) is 3.13. The van der Waals surface area contributed by atoms with E-state index in [-0.39, 0.29) is 28.2 Å². The van der Waals surface area contributed by atoms with Crippen LogP contribution in [0.1, 0.15) is 21.5 Å². The van der Waals surface area contributed by atoms with Crippen molar-refractivity contribution in [3.63, 3.8) is 0 Å². The van der Waals surface area contributed by atoms with Gasteiger partial charge in [-0.2, -0.15) is 10.1 Å². The summed E-state index contributed by atoms with van der Waals surface area (Å²) >= 11 is 5.83. The second-order valence-electron chi connectivity index (χ2n) is 7.36. The van der Waals surface area contributed by atoms with Crippen molar-refractivity contribution in [2.75, 3.05) is 11.9 Å². The van der Waals surface area contributed by atoms with Crippen LogP contribution < -0.4 is 10.7 Å². The first kappa shape index (κ1) is 23.6. The number of benzene rings is 3. The van der Waals surface area contributed by atoms with Crippen LogP contribution in [0, 0.1) is 0 Å². The number of amides is 1. The highest BCUT2D eigenvalue weighted by Gasteiger charge is 2.13. The van der Waals surface area contributed by atoms with E-state index >= 15 is 0 Å². The van der Waals surface area contributed by atoms with Crippen LogP contribution in [0.2, 0.25) is 5.02 Å². The summed E-state index contributed by atoms with van der Waals surface area (Å²) < 4.78 is 5.60. The fraction of sp³-hybridized carbons (Fsp3) is 0.0385. The van der Waals surface area contributed by atoms with Crippen molar-refractivity contribution in [2.45, 2.75) is 0 Å². The van der Waals surface area contributed by atoms with Gasteiger partial charge in [-0.15, -0.1) is 0 Å². The normalized spacial score (nSPS) is 11.2. The molecule has 1 aromatic heterocycles. The van der Waals surface area contributed by atoms with Gasteiger partial charge in [-0.1, -0.05) is 72.3 Å². The standard InChI is InChI=1S/C26H21ClN4O4/c27-21-15-20(11-12-22(21)32)24(33)31-29-16-18-7-4-6-17(14-18)8-5-13-28-26-30-25(34)23(35-26)19-9-2-1-3-10-19/h1-12,14-16,32,34H,13H2,(H,28,30)(H,31,33). The molecule has 4 rings (SSSR count). The van der Waals surface area contributed by atoms with Crippen molar-refractivity contribution in [2.24, 2.45) is 5.10 Å². The second kappa shape index (κ2) is 11.0. The molecule has 0 aliphatic rings. The first-order chi connectivity index (χ1) is 17.0. The Morgan fingerprint density at radius 2 is 1.83 bits per heavy atom. The van der Waals surface area contributed by atoms with Gasteiger partial charge in [-0.05, 0) is 35.4 Å². The SMILES string of the molecule is O=C(NN=Cc1cccc(C=CCNc2nc(O)c(-c3ccccc3)o2)c1)c1ccc(O)c(Cl)c1. The summed E-state index contributed by atoms with van der Waals surface area (Å²) in [7, 11) is 0. The number of hydrogen-bond donors (Lipinski definition) is 4. The molecule has 1 heterocycles. The highest BCUT2D eigenvalue weighted by Crippen LogP contribution is 2.31. The molecule has 1 amide bonds. The molecule has 0 atom stereocenters. The van der Waals surface area contributed by atoms with Crippen molar-refractivity contribution in [3.05, 3.63) is 101 Å². The molecule has 0 aliphatic carbocycles. The van der Waals surface area contributed by atoms with Gasteiger partial charge in [0.2, 0.25) is 0 Å². The number of carbonyl (C=O) groups is 1. The summed E-state index contributed by atoms with van der Waals surface area (Å²) in [6.07, 6.45) is 5.31. The van der Waals surface area contributed by atoms with Crippen LogP contribution in [0.4, 0.5) is 6.01 Å². The van der Waals surface area contributed by atoms with E-state index in [0.29, 0.717) is 12.3 Å². The third-order valence-electron chi connectivity index (χ3n) is 4.83. The Labute approximate surface area is 206 Å². The molecule has 9 heteroatoms. The van der Waals surface area contributed by atoms with Gasteiger partial charge in [-0.25, -0.2) is 5.43 Å². The van der Waals surface area contributed by atoms with Gasteiger partial charge in [0.25, 0.3) is 17.8 Å². The number of rotatable bonds is 8. The van der Waals surface area contributed by atoms with Crippen molar-refractivity contribution in [1.29, 1.82) is 0 Å². The number of carbonyl (C=O) groups excluding carboxylic acids is 1. The molecule has 0 radical (unpaired) electrons. The van der Waals surface area contributed by atoms with Crippen molar-refractivity contribution < 1.29 is 19.4 Å². The number of nitrogens with zero attached hydrogens (tertiary/aromatic N) is 2. The number of hydrazone groups is 1. The summed E-state index contributed by atoms with van der Waals surface area (Å²) in [5, 5.41) is 26.5. The molecular weight excluding hydrogens is 468 g/mol. The lowest BCUT2D eigenvalue weighted by Crippen LogP contribution is -2.17.